The summed E-state index contributed by atoms with van der Waals surface area (Å²) >= 11 is 6.11. The van der Waals surface area contributed by atoms with E-state index in [0.29, 0.717) is 10.6 Å². The van der Waals surface area contributed by atoms with Crippen molar-refractivity contribution in [2.75, 3.05) is 50.0 Å². The monoisotopic (exact) mass is 332 g/mol. The highest BCUT2D eigenvalue weighted by Crippen LogP contribution is 2.34. The second kappa shape index (κ2) is 6.72. The molecule has 0 aliphatic carbocycles. The Kier molecular flexibility index (Phi) is 4.68. The Morgan fingerprint density at radius 1 is 1.30 bits per heavy atom. The fourth-order valence-corrected chi connectivity index (χ4v) is 3.14. The van der Waals surface area contributed by atoms with Crippen LogP contribution in [0.15, 0.2) is 18.2 Å². The summed E-state index contributed by atoms with van der Waals surface area (Å²) in [4.78, 5) is 21.1. The summed E-state index contributed by atoms with van der Waals surface area (Å²) in [5.41, 5.74) is 2.24. The summed E-state index contributed by atoms with van der Waals surface area (Å²) in [5, 5.41) is 4.79. The van der Waals surface area contributed by atoms with Gasteiger partial charge in [-0.3, -0.25) is 4.79 Å². The number of benzene rings is 1. The lowest BCUT2D eigenvalue weighted by molar-refractivity contribution is 0.112. The first-order valence-corrected chi connectivity index (χ1v) is 8.27. The fraction of sp³-hybridized carbons (Fsp3) is 0.412. The minimum atomic E-state index is 0.627. The third-order valence-corrected chi connectivity index (χ3v) is 4.48. The Morgan fingerprint density at radius 2 is 2.04 bits per heavy atom. The van der Waals surface area contributed by atoms with Gasteiger partial charge in [-0.2, -0.15) is 0 Å². The van der Waals surface area contributed by atoms with Crippen LogP contribution < -0.4 is 10.2 Å². The second-order valence-electron chi connectivity index (χ2n) is 5.82. The number of fused-ring (bicyclic) bond motifs is 1. The van der Waals surface area contributed by atoms with Crippen LogP contribution in [0.2, 0.25) is 5.02 Å². The number of carbonyl (C=O) groups excluding carboxylic acids is 1. The molecule has 1 aromatic carbocycles. The first-order valence-electron chi connectivity index (χ1n) is 7.89. The number of rotatable bonds is 4. The van der Waals surface area contributed by atoms with Crippen LogP contribution in [0.5, 0.6) is 0 Å². The van der Waals surface area contributed by atoms with Crippen molar-refractivity contribution in [3.05, 3.63) is 28.8 Å². The van der Waals surface area contributed by atoms with Crippen molar-refractivity contribution in [3.63, 3.8) is 0 Å². The lowest BCUT2D eigenvalue weighted by Crippen LogP contribution is -2.45. The largest absolute Gasteiger partial charge is 0.382 e. The lowest BCUT2D eigenvalue weighted by Gasteiger charge is -2.34. The van der Waals surface area contributed by atoms with Crippen LogP contribution in [0, 0.1) is 0 Å². The molecular weight excluding hydrogens is 312 g/mol. The Balaban J connectivity index is 2.17. The quantitative estimate of drug-likeness (QED) is 0.872. The Morgan fingerprint density at radius 3 is 2.70 bits per heavy atom. The third kappa shape index (κ3) is 3.12. The molecule has 0 amide bonds. The van der Waals surface area contributed by atoms with Crippen molar-refractivity contribution in [2.45, 2.75) is 6.92 Å². The smallest absolute Gasteiger partial charge is 0.153 e. The van der Waals surface area contributed by atoms with Gasteiger partial charge in [0, 0.05) is 43.1 Å². The van der Waals surface area contributed by atoms with Crippen LogP contribution >= 0.6 is 11.6 Å². The second-order valence-corrected chi connectivity index (χ2v) is 6.26. The van der Waals surface area contributed by atoms with Crippen molar-refractivity contribution < 1.29 is 4.79 Å². The molecular formula is C17H21ClN4O. The summed E-state index contributed by atoms with van der Waals surface area (Å²) in [5.74, 6) is 0.844. The SMILES string of the molecule is CCNc1c(N2CCN(C)CC2)nc2cc(Cl)ccc2c1C=O. The Hall–Kier alpha value is -1.85. The van der Waals surface area contributed by atoms with Gasteiger partial charge < -0.3 is 15.1 Å². The standard InChI is InChI=1S/C17H21ClN4O/c1-3-19-16-14(11-23)13-5-4-12(18)10-15(13)20-17(16)22-8-6-21(2)7-9-22/h4-5,10-11,19H,3,6-9H2,1-2H3. The van der Waals surface area contributed by atoms with Crippen LogP contribution in [-0.2, 0) is 0 Å². The highest BCUT2D eigenvalue weighted by atomic mass is 35.5. The molecule has 1 N–H and O–H groups in total. The van der Waals surface area contributed by atoms with Gasteiger partial charge in [-0.25, -0.2) is 4.98 Å². The number of aldehydes is 1. The van der Waals surface area contributed by atoms with E-state index in [2.05, 4.69) is 22.2 Å². The van der Waals surface area contributed by atoms with Crippen molar-refractivity contribution >= 4 is 40.3 Å². The number of anilines is 2. The van der Waals surface area contributed by atoms with Crippen molar-refractivity contribution in [1.82, 2.24) is 9.88 Å². The summed E-state index contributed by atoms with van der Waals surface area (Å²) in [6, 6.07) is 5.48. The van der Waals surface area contributed by atoms with Gasteiger partial charge in [0.2, 0.25) is 0 Å². The molecule has 1 aliphatic rings. The van der Waals surface area contributed by atoms with E-state index < -0.39 is 0 Å². The number of nitrogens with one attached hydrogen (secondary N) is 1. The molecule has 122 valence electrons. The third-order valence-electron chi connectivity index (χ3n) is 4.24. The molecule has 3 rings (SSSR count). The zero-order valence-electron chi connectivity index (χ0n) is 13.5. The molecule has 1 aromatic heterocycles. The average Bonchev–Trinajstić information content (AvgIpc) is 2.55. The predicted molar refractivity (Wildman–Crippen MR) is 96.0 cm³/mol. The minimum Gasteiger partial charge on any atom is -0.382 e. The maximum atomic E-state index is 11.8. The molecule has 6 heteroatoms. The lowest BCUT2D eigenvalue weighted by atomic mass is 10.1. The molecule has 23 heavy (non-hydrogen) atoms. The number of likely N-dealkylation sites (N-methyl/N-ethyl adjacent to an activating group) is 1. The number of aromatic nitrogens is 1. The molecule has 1 saturated heterocycles. The van der Waals surface area contributed by atoms with Crippen LogP contribution in [0.1, 0.15) is 17.3 Å². The van der Waals surface area contributed by atoms with E-state index in [1.165, 1.54) is 0 Å². The molecule has 0 bridgehead atoms. The number of hydrogen-bond donors (Lipinski definition) is 1. The van der Waals surface area contributed by atoms with Crippen LogP contribution in [0.3, 0.4) is 0 Å². The van der Waals surface area contributed by atoms with Gasteiger partial charge in [0.25, 0.3) is 0 Å². The molecule has 0 saturated carbocycles. The van der Waals surface area contributed by atoms with Gasteiger partial charge in [0.05, 0.1) is 16.8 Å². The molecule has 2 heterocycles. The maximum absolute atomic E-state index is 11.8. The van der Waals surface area contributed by atoms with Crippen LogP contribution in [0.25, 0.3) is 10.9 Å². The van der Waals surface area contributed by atoms with E-state index in [9.17, 15) is 4.79 Å². The number of carbonyl (C=O) groups is 1. The zero-order valence-corrected chi connectivity index (χ0v) is 14.2. The molecule has 2 aromatic rings. The van der Waals surface area contributed by atoms with E-state index in [1.54, 1.807) is 6.07 Å². The van der Waals surface area contributed by atoms with Crippen LogP contribution in [0.4, 0.5) is 11.5 Å². The molecule has 0 spiro atoms. The van der Waals surface area contributed by atoms with Crippen molar-refractivity contribution in [2.24, 2.45) is 0 Å². The first-order chi connectivity index (χ1) is 11.1. The molecule has 1 aliphatic heterocycles. The highest BCUT2D eigenvalue weighted by molar-refractivity contribution is 6.31. The molecule has 0 unspecified atom stereocenters. The number of halogens is 1. The number of pyridine rings is 1. The van der Waals surface area contributed by atoms with Gasteiger partial charge in [-0.1, -0.05) is 17.7 Å². The van der Waals surface area contributed by atoms with Crippen molar-refractivity contribution in [1.29, 1.82) is 0 Å². The molecule has 5 nitrogen and oxygen atoms in total. The van der Waals surface area contributed by atoms with Crippen LogP contribution in [-0.4, -0.2) is 55.9 Å². The fourth-order valence-electron chi connectivity index (χ4n) is 2.97. The van der Waals surface area contributed by atoms with Gasteiger partial charge in [0.1, 0.15) is 0 Å². The minimum absolute atomic E-state index is 0.627. The number of hydrogen-bond acceptors (Lipinski definition) is 5. The van der Waals surface area contributed by atoms with Gasteiger partial charge >= 0.3 is 0 Å². The molecule has 0 atom stereocenters. The average molecular weight is 333 g/mol. The predicted octanol–water partition coefficient (Wildman–Crippen LogP) is 2.88. The van der Waals surface area contributed by atoms with E-state index in [1.807, 2.05) is 19.1 Å². The molecule has 0 radical (unpaired) electrons. The summed E-state index contributed by atoms with van der Waals surface area (Å²) < 4.78 is 0. The number of nitrogens with zero attached hydrogens (tertiary/aromatic N) is 3. The summed E-state index contributed by atoms with van der Waals surface area (Å²) in [6.07, 6.45) is 0.912. The topological polar surface area (TPSA) is 48.5 Å². The first kappa shape index (κ1) is 16.0. The van der Waals surface area contributed by atoms with E-state index >= 15 is 0 Å². The van der Waals surface area contributed by atoms with E-state index in [0.717, 1.165) is 61.4 Å². The Bertz CT molecular complexity index is 726. The van der Waals surface area contributed by atoms with Gasteiger partial charge in [0.15, 0.2) is 12.1 Å². The van der Waals surface area contributed by atoms with Crippen molar-refractivity contribution in [3.8, 4) is 0 Å². The van der Waals surface area contributed by atoms with E-state index in [-0.39, 0.29) is 0 Å². The normalized spacial score (nSPS) is 15.9. The number of piperazine rings is 1. The summed E-state index contributed by atoms with van der Waals surface area (Å²) in [7, 11) is 2.12. The summed E-state index contributed by atoms with van der Waals surface area (Å²) in [6.45, 7) is 6.52. The van der Waals surface area contributed by atoms with E-state index in [4.69, 9.17) is 16.6 Å². The molecule has 1 fully saturated rings. The highest BCUT2D eigenvalue weighted by Gasteiger charge is 2.22. The zero-order chi connectivity index (χ0) is 16.4. The Labute approximate surface area is 141 Å². The van der Waals surface area contributed by atoms with Gasteiger partial charge in [-0.15, -0.1) is 0 Å². The maximum Gasteiger partial charge on any atom is 0.153 e. The van der Waals surface area contributed by atoms with Gasteiger partial charge in [-0.05, 0) is 26.1 Å².